The van der Waals surface area contributed by atoms with Crippen LogP contribution in [-0.2, 0) is 0 Å². The standard InChI is InChI=1S/C11H16N2O4/c1-2-12-7-10(14)8-17-11-5-3-4-9(6-11)13(15)16/h3-6,10,12,14H,2,7-8H2,1H3. The molecule has 1 atom stereocenters. The van der Waals surface area contributed by atoms with Gasteiger partial charge in [-0.05, 0) is 12.6 Å². The molecule has 0 aliphatic carbocycles. The van der Waals surface area contributed by atoms with Crippen LogP contribution in [0.25, 0.3) is 0 Å². The van der Waals surface area contributed by atoms with Gasteiger partial charge >= 0.3 is 0 Å². The lowest BCUT2D eigenvalue weighted by Crippen LogP contribution is -2.31. The van der Waals surface area contributed by atoms with Crippen LogP contribution in [0.2, 0.25) is 0 Å². The Balaban J connectivity index is 2.46. The van der Waals surface area contributed by atoms with Gasteiger partial charge in [-0.25, -0.2) is 0 Å². The predicted molar refractivity (Wildman–Crippen MR) is 63.1 cm³/mol. The van der Waals surface area contributed by atoms with E-state index in [9.17, 15) is 15.2 Å². The number of hydrogen-bond donors (Lipinski definition) is 2. The van der Waals surface area contributed by atoms with E-state index in [4.69, 9.17) is 4.74 Å². The van der Waals surface area contributed by atoms with Crippen molar-refractivity contribution in [2.24, 2.45) is 0 Å². The van der Waals surface area contributed by atoms with Crippen LogP contribution in [0.15, 0.2) is 24.3 Å². The fourth-order valence-corrected chi connectivity index (χ4v) is 1.25. The first kappa shape index (κ1) is 13.4. The largest absolute Gasteiger partial charge is 0.491 e. The minimum absolute atomic E-state index is 0.0244. The smallest absolute Gasteiger partial charge is 0.273 e. The Morgan fingerprint density at radius 2 is 2.35 bits per heavy atom. The van der Waals surface area contributed by atoms with Crippen molar-refractivity contribution in [1.82, 2.24) is 5.32 Å². The van der Waals surface area contributed by atoms with Crippen LogP contribution in [0.5, 0.6) is 5.75 Å². The molecule has 1 aromatic carbocycles. The Labute approximate surface area is 99.4 Å². The number of aliphatic hydroxyl groups excluding tert-OH is 1. The van der Waals surface area contributed by atoms with E-state index in [0.717, 1.165) is 6.54 Å². The molecule has 0 radical (unpaired) electrons. The average Bonchev–Trinajstić information content (AvgIpc) is 2.34. The molecule has 0 aliphatic rings. The Kier molecular flexibility index (Phi) is 5.38. The molecule has 6 nitrogen and oxygen atoms in total. The second-order valence-corrected chi connectivity index (χ2v) is 3.53. The number of likely N-dealkylation sites (N-methyl/N-ethyl adjacent to an activating group) is 1. The molecule has 1 unspecified atom stereocenters. The molecular weight excluding hydrogens is 224 g/mol. The number of benzene rings is 1. The molecule has 0 spiro atoms. The van der Waals surface area contributed by atoms with Crippen molar-refractivity contribution in [2.75, 3.05) is 19.7 Å². The fraction of sp³-hybridized carbons (Fsp3) is 0.455. The second-order valence-electron chi connectivity index (χ2n) is 3.53. The Morgan fingerprint density at radius 3 is 3.00 bits per heavy atom. The molecule has 0 saturated carbocycles. The van der Waals surface area contributed by atoms with Gasteiger partial charge < -0.3 is 15.2 Å². The van der Waals surface area contributed by atoms with Gasteiger partial charge in [-0.1, -0.05) is 13.0 Å². The third-order valence-electron chi connectivity index (χ3n) is 2.10. The average molecular weight is 240 g/mol. The van der Waals surface area contributed by atoms with Crippen LogP contribution >= 0.6 is 0 Å². The molecule has 2 N–H and O–H groups in total. The summed E-state index contributed by atoms with van der Waals surface area (Å²) in [6.45, 7) is 3.25. The maximum Gasteiger partial charge on any atom is 0.273 e. The zero-order chi connectivity index (χ0) is 12.7. The van der Waals surface area contributed by atoms with E-state index < -0.39 is 11.0 Å². The number of hydrogen-bond acceptors (Lipinski definition) is 5. The van der Waals surface area contributed by atoms with Gasteiger partial charge in [0.2, 0.25) is 0 Å². The van der Waals surface area contributed by atoms with E-state index in [1.165, 1.54) is 12.1 Å². The van der Waals surface area contributed by atoms with Gasteiger partial charge in [0.1, 0.15) is 18.5 Å². The van der Waals surface area contributed by atoms with E-state index in [0.29, 0.717) is 12.3 Å². The predicted octanol–water partition coefficient (Wildman–Crippen LogP) is 0.944. The monoisotopic (exact) mass is 240 g/mol. The van der Waals surface area contributed by atoms with Crippen molar-refractivity contribution in [2.45, 2.75) is 13.0 Å². The maximum atomic E-state index is 10.5. The fourth-order valence-electron chi connectivity index (χ4n) is 1.25. The Morgan fingerprint density at radius 1 is 1.59 bits per heavy atom. The summed E-state index contributed by atoms with van der Waals surface area (Å²) in [7, 11) is 0. The van der Waals surface area contributed by atoms with Gasteiger partial charge in [-0.2, -0.15) is 0 Å². The minimum atomic E-state index is -0.630. The van der Waals surface area contributed by atoms with E-state index in [-0.39, 0.29) is 12.3 Å². The molecule has 0 amide bonds. The lowest BCUT2D eigenvalue weighted by atomic mass is 10.3. The Bertz CT molecular complexity index is 370. The minimum Gasteiger partial charge on any atom is -0.491 e. The maximum absolute atomic E-state index is 10.5. The van der Waals surface area contributed by atoms with Gasteiger partial charge in [-0.15, -0.1) is 0 Å². The summed E-state index contributed by atoms with van der Waals surface area (Å²) in [5.41, 5.74) is -0.0244. The molecule has 17 heavy (non-hydrogen) atoms. The third kappa shape index (κ3) is 4.80. The summed E-state index contributed by atoms with van der Waals surface area (Å²) >= 11 is 0. The molecule has 1 rings (SSSR count). The van der Waals surface area contributed by atoms with E-state index in [1.54, 1.807) is 12.1 Å². The highest BCUT2D eigenvalue weighted by Crippen LogP contribution is 2.18. The molecule has 0 aliphatic heterocycles. The number of nitro groups is 1. The van der Waals surface area contributed by atoms with Gasteiger partial charge in [-0.3, -0.25) is 10.1 Å². The van der Waals surface area contributed by atoms with Crippen LogP contribution in [0.1, 0.15) is 6.92 Å². The van der Waals surface area contributed by atoms with Crippen LogP contribution < -0.4 is 10.1 Å². The molecule has 0 saturated heterocycles. The SMILES string of the molecule is CCNCC(O)COc1cccc([N+](=O)[O-])c1. The van der Waals surface area contributed by atoms with Crippen LogP contribution in [0.4, 0.5) is 5.69 Å². The molecule has 1 aromatic rings. The highest BCUT2D eigenvalue weighted by molar-refractivity contribution is 5.37. The van der Waals surface area contributed by atoms with Crippen molar-refractivity contribution in [3.63, 3.8) is 0 Å². The summed E-state index contributed by atoms with van der Waals surface area (Å²) in [5, 5.41) is 23.0. The number of nitrogens with zero attached hydrogens (tertiary/aromatic N) is 1. The lowest BCUT2D eigenvalue weighted by molar-refractivity contribution is -0.384. The molecule has 94 valence electrons. The van der Waals surface area contributed by atoms with Crippen molar-refractivity contribution >= 4 is 5.69 Å². The summed E-state index contributed by atoms with van der Waals surface area (Å²) < 4.78 is 5.26. The summed E-state index contributed by atoms with van der Waals surface area (Å²) in [6.07, 6.45) is -0.630. The van der Waals surface area contributed by atoms with Crippen molar-refractivity contribution in [1.29, 1.82) is 0 Å². The first-order valence-electron chi connectivity index (χ1n) is 5.39. The summed E-state index contributed by atoms with van der Waals surface area (Å²) in [4.78, 5) is 10.0. The first-order valence-corrected chi connectivity index (χ1v) is 5.39. The number of aliphatic hydroxyl groups is 1. The first-order chi connectivity index (χ1) is 8.13. The normalized spacial score (nSPS) is 12.1. The number of rotatable bonds is 7. The number of non-ortho nitro benzene ring substituents is 1. The highest BCUT2D eigenvalue weighted by Gasteiger charge is 2.08. The zero-order valence-corrected chi connectivity index (χ0v) is 9.63. The van der Waals surface area contributed by atoms with Gasteiger partial charge in [0.15, 0.2) is 0 Å². The summed E-state index contributed by atoms with van der Waals surface area (Å²) in [5.74, 6) is 0.384. The van der Waals surface area contributed by atoms with Gasteiger partial charge in [0.05, 0.1) is 11.0 Å². The van der Waals surface area contributed by atoms with Crippen LogP contribution in [0.3, 0.4) is 0 Å². The zero-order valence-electron chi connectivity index (χ0n) is 9.63. The van der Waals surface area contributed by atoms with Crippen molar-refractivity contribution in [3.8, 4) is 5.75 Å². The number of ether oxygens (including phenoxy) is 1. The third-order valence-corrected chi connectivity index (χ3v) is 2.10. The lowest BCUT2D eigenvalue weighted by Gasteiger charge is -2.12. The number of nitro benzene ring substituents is 1. The quantitative estimate of drug-likeness (QED) is 0.547. The van der Waals surface area contributed by atoms with Crippen molar-refractivity contribution < 1.29 is 14.8 Å². The van der Waals surface area contributed by atoms with Crippen LogP contribution in [0, 0.1) is 10.1 Å². The molecule has 0 bridgehead atoms. The second kappa shape index (κ2) is 6.82. The molecule has 0 fully saturated rings. The summed E-state index contributed by atoms with van der Waals surface area (Å²) in [6, 6.07) is 5.89. The van der Waals surface area contributed by atoms with Gasteiger partial charge in [0, 0.05) is 12.6 Å². The number of nitrogens with one attached hydrogen (secondary N) is 1. The van der Waals surface area contributed by atoms with Crippen molar-refractivity contribution in [3.05, 3.63) is 34.4 Å². The highest BCUT2D eigenvalue weighted by atomic mass is 16.6. The topological polar surface area (TPSA) is 84.6 Å². The van der Waals surface area contributed by atoms with E-state index in [1.807, 2.05) is 6.92 Å². The van der Waals surface area contributed by atoms with Crippen LogP contribution in [-0.4, -0.2) is 35.8 Å². The van der Waals surface area contributed by atoms with E-state index >= 15 is 0 Å². The van der Waals surface area contributed by atoms with Gasteiger partial charge in [0.25, 0.3) is 5.69 Å². The molecule has 0 aromatic heterocycles. The molecule has 6 heteroatoms. The molecule has 0 heterocycles. The Hall–Kier alpha value is -1.66. The van der Waals surface area contributed by atoms with E-state index in [2.05, 4.69) is 5.32 Å². The molecular formula is C11H16N2O4.